The van der Waals surface area contributed by atoms with E-state index in [2.05, 4.69) is 28.1 Å². The van der Waals surface area contributed by atoms with Crippen LogP contribution in [-0.2, 0) is 0 Å². The van der Waals surface area contributed by atoms with Crippen molar-refractivity contribution < 1.29 is 5.11 Å². The molecule has 3 heteroatoms. The summed E-state index contributed by atoms with van der Waals surface area (Å²) in [4.78, 5) is 0. The number of benzene rings is 4. The van der Waals surface area contributed by atoms with Crippen LogP contribution in [0.1, 0.15) is 17.2 Å². The Labute approximate surface area is 178 Å². The predicted octanol–water partition coefficient (Wildman–Crippen LogP) is 7.52. The fourth-order valence-corrected chi connectivity index (χ4v) is 4.03. The van der Waals surface area contributed by atoms with Crippen molar-refractivity contribution >= 4 is 27.5 Å². The average molecular weight is 450 g/mol. The first kappa shape index (κ1) is 18.9. The fourth-order valence-electron chi connectivity index (χ4n) is 3.47. The second-order valence-electron chi connectivity index (χ2n) is 6.57. The van der Waals surface area contributed by atoms with Crippen LogP contribution in [0.4, 0.5) is 0 Å². The van der Waals surface area contributed by atoms with Crippen LogP contribution < -0.4 is 0 Å². The van der Waals surface area contributed by atoms with Gasteiger partial charge in [0.05, 0.1) is 0 Å². The van der Waals surface area contributed by atoms with E-state index in [1.54, 1.807) is 0 Å². The van der Waals surface area contributed by atoms with E-state index in [0.717, 1.165) is 37.9 Å². The van der Waals surface area contributed by atoms with E-state index in [0.29, 0.717) is 5.02 Å². The van der Waals surface area contributed by atoms with Crippen molar-refractivity contribution in [3.63, 3.8) is 0 Å². The Kier molecular flexibility index (Phi) is 5.63. The lowest BCUT2D eigenvalue weighted by Crippen LogP contribution is -2.04. The van der Waals surface area contributed by atoms with Gasteiger partial charge in [0.1, 0.15) is 6.10 Å². The Morgan fingerprint density at radius 1 is 0.643 bits per heavy atom. The highest BCUT2D eigenvalue weighted by molar-refractivity contribution is 9.10. The van der Waals surface area contributed by atoms with E-state index in [1.807, 2.05) is 84.9 Å². The maximum atomic E-state index is 11.4. The highest BCUT2D eigenvalue weighted by Gasteiger charge is 2.20. The molecule has 4 rings (SSSR count). The molecule has 0 fully saturated rings. The summed E-state index contributed by atoms with van der Waals surface area (Å²) in [6.07, 6.45) is -0.797. The third-order valence-electron chi connectivity index (χ3n) is 4.81. The first-order chi connectivity index (χ1) is 13.6. The Morgan fingerprint density at radius 2 is 1.29 bits per heavy atom. The average Bonchev–Trinajstić information content (AvgIpc) is 2.74. The minimum Gasteiger partial charge on any atom is -0.384 e. The molecule has 0 saturated heterocycles. The van der Waals surface area contributed by atoms with Gasteiger partial charge in [0.2, 0.25) is 0 Å². The van der Waals surface area contributed by atoms with Crippen molar-refractivity contribution in [1.82, 2.24) is 0 Å². The molecule has 4 aromatic carbocycles. The van der Waals surface area contributed by atoms with Gasteiger partial charge >= 0.3 is 0 Å². The lowest BCUT2D eigenvalue weighted by Gasteiger charge is -2.20. The van der Waals surface area contributed by atoms with E-state index in [-0.39, 0.29) is 0 Å². The van der Waals surface area contributed by atoms with Crippen molar-refractivity contribution in [1.29, 1.82) is 0 Å². The molecule has 0 aromatic heterocycles. The summed E-state index contributed by atoms with van der Waals surface area (Å²) >= 11 is 10.0. The van der Waals surface area contributed by atoms with Gasteiger partial charge < -0.3 is 5.11 Å². The van der Waals surface area contributed by atoms with Gasteiger partial charge in [-0.1, -0.05) is 106 Å². The van der Waals surface area contributed by atoms with Gasteiger partial charge in [-0.25, -0.2) is 0 Å². The van der Waals surface area contributed by atoms with Crippen molar-refractivity contribution in [2.75, 3.05) is 0 Å². The highest BCUT2D eigenvalue weighted by Crippen LogP contribution is 2.39. The van der Waals surface area contributed by atoms with E-state index in [4.69, 9.17) is 11.6 Å². The lowest BCUT2D eigenvalue weighted by atomic mass is 9.89. The molecular weight excluding hydrogens is 432 g/mol. The predicted molar refractivity (Wildman–Crippen MR) is 121 cm³/mol. The summed E-state index contributed by atoms with van der Waals surface area (Å²) in [7, 11) is 0. The minimum atomic E-state index is -0.797. The van der Waals surface area contributed by atoms with E-state index in [1.165, 1.54) is 0 Å². The van der Waals surface area contributed by atoms with Crippen LogP contribution in [0.5, 0.6) is 0 Å². The summed E-state index contributed by atoms with van der Waals surface area (Å²) < 4.78 is 1.000. The van der Waals surface area contributed by atoms with Crippen molar-refractivity contribution in [3.8, 4) is 22.3 Å². The molecule has 0 bridgehead atoms. The largest absolute Gasteiger partial charge is 0.384 e. The van der Waals surface area contributed by atoms with Gasteiger partial charge in [0, 0.05) is 15.1 Å². The smallest absolute Gasteiger partial charge is 0.105 e. The summed E-state index contributed by atoms with van der Waals surface area (Å²) in [5, 5.41) is 12.0. The summed E-state index contributed by atoms with van der Waals surface area (Å²) in [5.41, 5.74) is 5.56. The maximum Gasteiger partial charge on any atom is 0.105 e. The number of aliphatic hydroxyl groups excluding tert-OH is 1. The molecule has 138 valence electrons. The minimum absolute atomic E-state index is 0.621. The lowest BCUT2D eigenvalue weighted by molar-refractivity contribution is 0.221. The van der Waals surface area contributed by atoms with E-state index >= 15 is 0 Å². The molecule has 1 atom stereocenters. The molecule has 0 radical (unpaired) electrons. The summed E-state index contributed by atoms with van der Waals surface area (Å²) in [6.45, 7) is 0. The second-order valence-corrected chi connectivity index (χ2v) is 7.89. The molecule has 0 aliphatic heterocycles. The Morgan fingerprint density at radius 3 is 2.04 bits per heavy atom. The molecule has 0 aliphatic rings. The second kappa shape index (κ2) is 8.32. The normalized spacial score (nSPS) is 12.0. The maximum absolute atomic E-state index is 11.4. The van der Waals surface area contributed by atoms with Crippen LogP contribution in [0.25, 0.3) is 22.3 Å². The first-order valence-electron chi connectivity index (χ1n) is 9.02. The summed E-state index contributed by atoms with van der Waals surface area (Å²) in [6, 6.07) is 31.7. The summed E-state index contributed by atoms with van der Waals surface area (Å²) in [5.74, 6) is 0. The van der Waals surface area contributed by atoms with Gasteiger partial charge in [-0.15, -0.1) is 0 Å². The molecule has 28 heavy (non-hydrogen) atoms. The number of rotatable bonds is 4. The fraction of sp³-hybridized carbons (Fsp3) is 0.0400. The first-order valence-corrected chi connectivity index (χ1v) is 10.2. The third-order valence-corrected chi connectivity index (χ3v) is 5.66. The van der Waals surface area contributed by atoms with Gasteiger partial charge in [-0.05, 0) is 46.0 Å². The molecule has 1 N–H and O–H groups in total. The zero-order valence-corrected chi connectivity index (χ0v) is 17.4. The third kappa shape index (κ3) is 3.77. The zero-order valence-electron chi connectivity index (χ0n) is 15.0. The van der Waals surface area contributed by atoms with Crippen LogP contribution in [0.2, 0.25) is 5.02 Å². The van der Waals surface area contributed by atoms with Crippen molar-refractivity contribution in [2.24, 2.45) is 0 Å². The zero-order chi connectivity index (χ0) is 19.5. The molecule has 1 unspecified atom stereocenters. The molecule has 0 aliphatic carbocycles. The molecule has 1 nitrogen and oxygen atoms in total. The monoisotopic (exact) mass is 448 g/mol. The van der Waals surface area contributed by atoms with E-state index in [9.17, 15) is 5.11 Å². The molecule has 0 saturated carbocycles. The van der Waals surface area contributed by atoms with Crippen LogP contribution in [-0.4, -0.2) is 5.11 Å². The molecule has 0 amide bonds. The molecule has 0 spiro atoms. The van der Waals surface area contributed by atoms with Crippen LogP contribution >= 0.6 is 27.5 Å². The Balaban J connectivity index is 1.86. The molecular formula is C25H18BrClO. The van der Waals surface area contributed by atoms with Gasteiger partial charge in [-0.3, -0.25) is 0 Å². The molecule has 0 heterocycles. The molecule has 4 aromatic rings. The number of hydrogen-bond donors (Lipinski definition) is 1. The van der Waals surface area contributed by atoms with Gasteiger partial charge in [0.25, 0.3) is 0 Å². The number of halogens is 2. The SMILES string of the molecule is OC(c1ccccc1-c1ccccc1)c1cccc(Cl)c1-c1ccc(Br)cc1. The van der Waals surface area contributed by atoms with E-state index < -0.39 is 6.10 Å². The number of aliphatic hydroxyl groups is 1. The van der Waals surface area contributed by atoms with Crippen LogP contribution in [0.3, 0.4) is 0 Å². The topological polar surface area (TPSA) is 20.2 Å². The van der Waals surface area contributed by atoms with Gasteiger partial charge in [0.15, 0.2) is 0 Å². The highest BCUT2D eigenvalue weighted by atomic mass is 79.9. The number of hydrogen-bond acceptors (Lipinski definition) is 1. The van der Waals surface area contributed by atoms with Crippen molar-refractivity contribution in [2.45, 2.75) is 6.10 Å². The Hall–Kier alpha value is -2.39. The standard InChI is InChI=1S/C25H18BrClO/c26-19-15-13-18(14-16-19)24-22(11-6-12-23(24)27)25(28)21-10-5-4-9-20(21)17-7-2-1-3-8-17/h1-16,25,28H. The quantitative estimate of drug-likeness (QED) is 0.341. The van der Waals surface area contributed by atoms with Crippen molar-refractivity contribution in [3.05, 3.63) is 118 Å². The van der Waals surface area contributed by atoms with Gasteiger partial charge in [-0.2, -0.15) is 0 Å². The van der Waals surface area contributed by atoms with Crippen LogP contribution in [0.15, 0.2) is 102 Å². The van der Waals surface area contributed by atoms with Crippen LogP contribution in [0, 0.1) is 0 Å². The Bertz CT molecular complexity index is 1090.